The van der Waals surface area contributed by atoms with E-state index in [2.05, 4.69) is 0 Å². The highest BCUT2D eigenvalue weighted by molar-refractivity contribution is 6.35. The molecule has 0 saturated carbocycles. The van der Waals surface area contributed by atoms with Crippen LogP contribution in [0.25, 0.3) is 0 Å². The molecule has 2 rings (SSSR count). The zero-order chi connectivity index (χ0) is 15.4. The van der Waals surface area contributed by atoms with Crippen LogP contribution in [0, 0.1) is 5.92 Å². The van der Waals surface area contributed by atoms with Crippen molar-refractivity contribution < 1.29 is 19.1 Å². The number of aldehydes is 1. The Kier molecular flexibility index (Phi) is 5.20. The van der Waals surface area contributed by atoms with Crippen molar-refractivity contribution in [2.24, 2.45) is 5.92 Å². The van der Waals surface area contributed by atoms with Crippen molar-refractivity contribution >= 4 is 41.5 Å². The monoisotopic (exact) mass is 329 g/mol. The van der Waals surface area contributed by atoms with Gasteiger partial charge < -0.3 is 9.53 Å². The molecule has 1 aliphatic rings. The second-order valence-corrected chi connectivity index (χ2v) is 5.49. The van der Waals surface area contributed by atoms with E-state index in [1.807, 2.05) is 0 Å². The van der Waals surface area contributed by atoms with Crippen LogP contribution in [-0.2, 0) is 20.7 Å². The van der Waals surface area contributed by atoms with Crippen LogP contribution >= 0.6 is 23.2 Å². The molecule has 21 heavy (non-hydrogen) atoms. The molecule has 0 radical (unpaired) electrons. The molecule has 1 fully saturated rings. The molecule has 0 aliphatic carbocycles. The number of amides is 2. The van der Waals surface area contributed by atoms with Crippen LogP contribution in [0.5, 0.6) is 0 Å². The number of carbonyl (C=O) groups excluding carboxylic acids is 3. The summed E-state index contributed by atoms with van der Waals surface area (Å²) < 4.78 is 4.74. The molecule has 0 bridgehead atoms. The smallest absolute Gasteiger partial charge is 0.416 e. The number of cyclic esters (lactones) is 1. The first-order valence-corrected chi connectivity index (χ1v) is 7.14. The van der Waals surface area contributed by atoms with Crippen molar-refractivity contribution in [1.82, 2.24) is 4.90 Å². The summed E-state index contributed by atoms with van der Waals surface area (Å²) in [7, 11) is 0. The summed E-state index contributed by atoms with van der Waals surface area (Å²) in [6.07, 6.45) is 0.269. The zero-order valence-electron chi connectivity index (χ0n) is 11.1. The third-order valence-corrected chi connectivity index (χ3v) is 3.83. The molecule has 5 nitrogen and oxygen atoms in total. The van der Waals surface area contributed by atoms with Gasteiger partial charge in [-0.3, -0.25) is 4.79 Å². The van der Waals surface area contributed by atoms with Gasteiger partial charge in [0, 0.05) is 22.4 Å². The Morgan fingerprint density at radius 1 is 1.43 bits per heavy atom. The maximum atomic E-state index is 12.3. The van der Waals surface area contributed by atoms with Gasteiger partial charge in [-0.15, -0.1) is 0 Å². The van der Waals surface area contributed by atoms with E-state index in [-0.39, 0.29) is 26.0 Å². The quantitative estimate of drug-likeness (QED) is 0.779. The molecule has 1 aromatic rings. The summed E-state index contributed by atoms with van der Waals surface area (Å²) in [4.78, 5) is 35.6. The number of rotatable bonds is 5. The molecular weight excluding hydrogens is 317 g/mol. The molecule has 112 valence electrons. The highest BCUT2D eigenvalue weighted by Gasteiger charge is 2.33. The lowest BCUT2D eigenvalue weighted by Crippen LogP contribution is -2.37. The number of nitrogens with zero attached hydrogens (tertiary/aromatic N) is 1. The Labute approximate surface area is 131 Å². The van der Waals surface area contributed by atoms with E-state index in [0.29, 0.717) is 21.9 Å². The van der Waals surface area contributed by atoms with Gasteiger partial charge in [-0.2, -0.15) is 0 Å². The summed E-state index contributed by atoms with van der Waals surface area (Å²) in [5.74, 6) is -1.07. The average molecular weight is 330 g/mol. The molecule has 1 atom stereocenters. The van der Waals surface area contributed by atoms with Gasteiger partial charge in [-0.25, -0.2) is 9.69 Å². The fourth-order valence-corrected chi connectivity index (χ4v) is 2.64. The number of imide groups is 1. The predicted octanol–water partition coefficient (Wildman–Crippen LogP) is 2.72. The molecule has 2 amide bonds. The number of halogens is 2. The molecule has 1 heterocycles. The van der Waals surface area contributed by atoms with Crippen LogP contribution in [0.15, 0.2) is 18.2 Å². The van der Waals surface area contributed by atoms with E-state index in [0.717, 1.165) is 4.90 Å². The van der Waals surface area contributed by atoms with Crippen molar-refractivity contribution in [1.29, 1.82) is 0 Å². The first kappa shape index (κ1) is 15.8. The Morgan fingerprint density at radius 2 is 2.19 bits per heavy atom. The van der Waals surface area contributed by atoms with Gasteiger partial charge in [0.05, 0.1) is 6.54 Å². The highest BCUT2D eigenvalue weighted by Crippen LogP contribution is 2.25. The number of hydrogen-bond donors (Lipinski definition) is 0. The lowest BCUT2D eigenvalue weighted by atomic mass is 9.95. The number of carbonyl (C=O) groups is 3. The normalized spacial score (nSPS) is 15.7. The van der Waals surface area contributed by atoms with Gasteiger partial charge in [-0.05, 0) is 24.1 Å². The predicted molar refractivity (Wildman–Crippen MR) is 77.4 cm³/mol. The molecule has 1 saturated heterocycles. The number of benzene rings is 1. The third-order valence-electron chi connectivity index (χ3n) is 3.24. The van der Waals surface area contributed by atoms with Gasteiger partial charge in [-0.1, -0.05) is 29.3 Å². The Bertz CT molecular complexity index is 576. The Morgan fingerprint density at radius 3 is 2.76 bits per heavy atom. The van der Waals surface area contributed by atoms with E-state index in [1.165, 1.54) is 0 Å². The Hall–Kier alpha value is -1.59. The van der Waals surface area contributed by atoms with Crippen molar-refractivity contribution in [2.45, 2.75) is 12.8 Å². The minimum Gasteiger partial charge on any atom is -0.447 e. The van der Waals surface area contributed by atoms with Crippen molar-refractivity contribution in [3.05, 3.63) is 33.8 Å². The van der Waals surface area contributed by atoms with Crippen LogP contribution in [0.2, 0.25) is 10.0 Å². The fraction of sp³-hybridized carbons (Fsp3) is 0.357. The molecular formula is C14H13Cl2NO4. The van der Waals surface area contributed by atoms with Crippen LogP contribution < -0.4 is 0 Å². The van der Waals surface area contributed by atoms with Gasteiger partial charge in [0.25, 0.3) is 0 Å². The highest BCUT2D eigenvalue weighted by atomic mass is 35.5. The van der Waals surface area contributed by atoms with Crippen molar-refractivity contribution in [3.63, 3.8) is 0 Å². The SMILES string of the molecule is O=CCC(Cc1ccc(Cl)cc1Cl)C(=O)N1CCOC1=O. The van der Waals surface area contributed by atoms with Gasteiger partial charge in [0.1, 0.15) is 12.9 Å². The summed E-state index contributed by atoms with van der Waals surface area (Å²) >= 11 is 11.9. The topological polar surface area (TPSA) is 63.7 Å². The lowest BCUT2D eigenvalue weighted by molar-refractivity contribution is -0.133. The zero-order valence-corrected chi connectivity index (χ0v) is 12.6. The molecule has 0 aromatic heterocycles. The maximum Gasteiger partial charge on any atom is 0.416 e. The summed E-state index contributed by atoms with van der Waals surface area (Å²) in [5.41, 5.74) is 0.703. The summed E-state index contributed by atoms with van der Waals surface area (Å²) in [5, 5.41) is 0.917. The first-order valence-electron chi connectivity index (χ1n) is 6.38. The van der Waals surface area contributed by atoms with Crippen LogP contribution in [-0.4, -0.2) is 36.3 Å². The maximum absolute atomic E-state index is 12.3. The molecule has 7 heteroatoms. The Balaban J connectivity index is 2.16. The molecule has 0 spiro atoms. The van der Waals surface area contributed by atoms with Gasteiger partial charge in [0.2, 0.25) is 5.91 Å². The first-order chi connectivity index (χ1) is 10.0. The second-order valence-electron chi connectivity index (χ2n) is 4.64. The molecule has 1 unspecified atom stereocenters. The third kappa shape index (κ3) is 3.74. The van der Waals surface area contributed by atoms with Crippen molar-refractivity contribution in [3.8, 4) is 0 Å². The number of ether oxygens (including phenoxy) is 1. The minimum absolute atomic E-state index is 0.0154. The standard InChI is InChI=1S/C14H13Cl2NO4/c15-11-2-1-9(12(16)8-11)7-10(3-5-18)13(19)17-4-6-21-14(17)20/h1-2,5,8,10H,3-4,6-7H2. The van der Waals surface area contributed by atoms with Crippen molar-refractivity contribution in [2.75, 3.05) is 13.2 Å². The largest absolute Gasteiger partial charge is 0.447 e. The van der Waals surface area contributed by atoms with E-state index < -0.39 is 17.9 Å². The van der Waals surface area contributed by atoms with Gasteiger partial charge >= 0.3 is 6.09 Å². The van der Waals surface area contributed by atoms with Crippen LogP contribution in [0.3, 0.4) is 0 Å². The van der Waals surface area contributed by atoms with Crippen LogP contribution in [0.4, 0.5) is 4.79 Å². The van der Waals surface area contributed by atoms with E-state index >= 15 is 0 Å². The molecule has 1 aromatic carbocycles. The average Bonchev–Trinajstić information content (AvgIpc) is 2.86. The molecule has 0 N–H and O–H groups in total. The summed E-state index contributed by atoms with van der Waals surface area (Å²) in [6.45, 7) is 0.390. The lowest BCUT2D eigenvalue weighted by Gasteiger charge is -2.19. The number of hydrogen-bond acceptors (Lipinski definition) is 4. The van der Waals surface area contributed by atoms with E-state index in [1.54, 1.807) is 18.2 Å². The minimum atomic E-state index is -0.668. The van der Waals surface area contributed by atoms with Gasteiger partial charge in [0.15, 0.2) is 0 Å². The fourth-order valence-electron chi connectivity index (χ4n) is 2.15. The second kappa shape index (κ2) is 6.91. The van der Waals surface area contributed by atoms with Crippen LogP contribution in [0.1, 0.15) is 12.0 Å². The summed E-state index contributed by atoms with van der Waals surface area (Å²) in [6, 6.07) is 4.94. The van der Waals surface area contributed by atoms with E-state index in [9.17, 15) is 14.4 Å². The van der Waals surface area contributed by atoms with E-state index in [4.69, 9.17) is 27.9 Å². The molecule has 1 aliphatic heterocycles.